The van der Waals surface area contributed by atoms with Gasteiger partial charge in [0.15, 0.2) is 0 Å². The van der Waals surface area contributed by atoms with Crippen molar-refractivity contribution in [2.24, 2.45) is 0 Å². The van der Waals surface area contributed by atoms with Crippen LogP contribution in [0.3, 0.4) is 0 Å². The second kappa shape index (κ2) is 9.11. The predicted molar refractivity (Wildman–Crippen MR) is 136 cm³/mol. The molecule has 6 heteroatoms. The molecule has 0 aliphatic rings. The van der Waals surface area contributed by atoms with Crippen molar-refractivity contribution < 1.29 is 4.79 Å². The Morgan fingerprint density at radius 2 is 1.74 bits per heavy atom. The molecular formula is C25H19Br2ClN2O. The van der Waals surface area contributed by atoms with Gasteiger partial charge in [0.25, 0.3) is 5.91 Å². The summed E-state index contributed by atoms with van der Waals surface area (Å²) in [7, 11) is 0. The van der Waals surface area contributed by atoms with E-state index in [1.165, 1.54) is 0 Å². The number of nitrogens with zero attached hydrogens (tertiary/aromatic N) is 1. The highest BCUT2D eigenvalue weighted by atomic mass is 79.9. The Bertz CT molecular complexity index is 1300. The van der Waals surface area contributed by atoms with E-state index in [1.54, 1.807) is 0 Å². The highest BCUT2D eigenvalue weighted by Crippen LogP contribution is 2.31. The van der Waals surface area contributed by atoms with E-state index >= 15 is 0 Å². The number of carbonyl (C=O) groups is 1. The average molecular weight is 559 g/mol. The van der Waals surface area contributed by atoms with Crippen LogP contribution in [0.15, 0.2) is 69.6 Å². The molecule has 0 radical (unpaired) electrons. The van der Waals surface area contributed by atoms with E-state index in [2.05, 4.69) is 44.1 Å². The van der Waals surface area contributed by atoms with Crippen LogP contribution in [0.5, 0.6) is 0 Å². The molecule has 1 N–H and O–H groups in total. The van der Waals surface area contributed by atoms with Crippen molar-refractivity contribution in [2.45, 2.75) is 20.3 Å². The molecule has 0 saturated carbocycles. The van der Waals surface area contributed by atoms with Gasteiger partial charge in [-0.3, -0.25) is 4.79 Å². The number of carbonyl (C=O) groups excluding carboxylic acids is 1. The summed E-state index contributed by atoms with van der Waals surface area (Å²) in [5.74, 6) is -0.169. The van der Waals surface area contributed by atoms with Gasteiger partial charge in [0.05, 0.1) is 16.8 Å². The minimum Gasteiger partial charge on any atom is -0.322 e. The van der Waals surface area contributed by atoms with E-state index in [1.807, 2.05) is 67.6 Å². The number of aryl methyl sites for hydroxylation is 2. The van der Waals surface area contributed by atoms with E-state index in [0.717, 1.165) is 54.3 Å². The molecule has 1 heterocycles. The monoisotopic (exact) mass is 556 g/mol. The van der Waals surface area contributed by atoms with Gasteiger partial charge in [0.2, 0.25) is 0 Å². The van der Waals surface area contributed by atoms with Gasteiger partial charge in [-0.25, -0.2) is 4.98 Å². The van der Waals surface area contributed by atoms with Gasteiger partial charge in [-0.2, -0.15) is 0 Å². The number of fused-ring (bicyclic) bond motifs is 1. The van der Waals surface area contributed by atoms with Crippen molar-refractivity contribution >= 4 is 66.0 Å². The number of aromatic nitrogens is 1. The summed E-state index contributed by atoms with van der Waals surface area (Å²) >= 11 is 13.1. The Labute approximate surface area is 203 Å². The van der Waals surface area contributed by atoms with Crippen LogP contribution in [0, 0.1) is 6.92 Å². The quantitative estimate of drug-likeness (QED) is 0.274. The third-order valence-electron chi connectivity index (χ3n) is 5.15. The largest absolute Gasteiger partial charge is 0.322 e. The van der Waals surface area contributed by atoms with Crippen LogP contribution in [0.2, 0.25) is 5.02 Å². The Morgan fingerprint density at radius 3 is 2.45 bits per heavy atom. The van der Waals surface area contributed by atoms with Gasteiger partial charge in [-0.05, 0) is 73.0 Å². The standard InChI is InChI=1S/C25H19Br2ClN2O/c1-3-15-11-17(26)6-9-22(15)30-25(31)21-13-23(16-4-7-19(28)8-5-16)29-24-14(2)10-18(27)12-20(21)24/h4-13H,3H2,1-2H3,(H,30,31). The molecule has 3 aromatic carbocycles. The number of hydrogen-bond donors (Lipinski definition) is 1. The number of benzene rings is 3. The van der Waals surface area contributed by atoms with Gasteiger partial charge in [-0.1, -0.05) is 62.5 Å². The van der Waals surface area contributed by atoms with E-state index in [-0.39, 0.29) is 5.91 Å². The molecule has 156 valence electrons. The zero-order chi connectivity index (χ0) is 22.1. The molecule has 0 aliphatic carbocycles. The summed E-state index contributed by atoms with van der Waals surface area (Å²) in [4.78, 5) is 18.3. The van der Waals surface area contributed by atoms with Crippen molar-refractivity contribution in [2.75, 3.05) is 5.32 Å². The fourth-order valence-electron chi connectivity index (χ4n) is 3.58. The normalized spacial score (nSPS) is 11.0. The SMILES string of the molecule is CCc1cc(Br)ccc1NC(=O)c1cc(-c2ccc(Cl)cc2)nc2c(C)cc(Br)cc12. The average Bonchev–Trinajstić information content (AvgIpc) is 2.75. The minimum atomic E-state index is -0.169. The third kappa shape index (κ3) is 4.69. The molecule has 0 unspecified atom stereocenters. The molecule has 4 aromatic rings. The number of nitrogens with one attached hydrogen (secondary N) is 1. The molecule has 0 saturated heterocycles. The molecule has 0 bridgehead atoms. The van der Waals surface area contributed by atoms with Crippen LogP contribution in [-0.2, 0) is 6.42 Å². The van der Waals surface area contributed by atoms with Crippen molar-refractivity contribution in [3.8, 4) is 11.3 Å². The summed E-state index contributed by atoms with van der Waals surface area (Å²) in [6.07, 6.45) is 0.812. The fraction of sp³-hybridized carbons (Fsp3) is 0.120. The Hall–Kier alpha value is -2.21. The molecule has 4 rings (SSSR count). The highest BCUT2D eigenvalue weighted by Gasteiger charge is 2.17. The number of pyridine rings is 1. The van der Waals surface area contributed by atoms with Gasteiger partial charge >= 0.3 is 0 Å². The first-order valence-electron chi connectivity index (χ1n) is 9.82. The Morgan fingerprint density at radius 1 is 1.00 bits per heavy atom. The summed E-state index contributed by atoms with van der Waals surface area (Å²) in [5.41, 5.74) is 5.87. The van der Waals surface area contributed by atoms with E-state index in [9.17, 15) is 4.79 Å². The second-order valence-corrected chi connectivity index (χ2v) is 9.56. The number of halogens is 3. The molecule has 0 atom stereocenters. The first-order chi connectivity index (χ1) is 14.9. The van der Waals surface area contributed by atoms with Crippen LogP contribution < -0.4 is 5.32 Å². The molecular weight excluding hydrogens is 540 g/mol. The molecule has 1 amide bonds. The third-order valence-corrected chi connectivity index (χ3v) is 6.35. The summed E-state index contributed by atoms with van der Waals surface area (Å²) < 4.78 is 1.90. The maximum absolute atomic E-state index is 13.5. The fourth-order valence-corrected chi connectivity index (χ4v) is 4.69. The first-order valence-corrected chi connectivity index (χ1v) is 11.8. The number of rotatable bonds is 4. The molecule has 3 nitrogen and oxygen atoms in total. The first kappa shape index (κ1) is 22.0. The zero-order valence-corrected chi connectivity index (χ0v) is 20.9. The molecule has 0 aliphatic heterocycles. The van der Waals surface area contributed by atoms with Crippen molar-refractivity contribution in [1.82, 2.24) is 4.98 Å². The van der Waals surface area contributed by atoms with Crippen LogP contribution >= 0.6 is 43.5 Å². The molecule has 0 fully saturated rings. The smallest absolute Gasteiger partial charge is 0.256 e. The zero-order valence-electron chi connectivity index (χ0n) is 17.0. The van der Waals surface area contributed by atoms with Crippen LogP contribution in [0.25, 0.3) is 22.2 Å². The number of amides is 1. The second-order valence-electron chi connectivity index (χ2n) is 7.29. The van der Waals surface area contributed by atoms with E-state index in [4.69, 9.17) is 16.6 Å². The number of hydrogen-bond acceptors (Lipinski definition) is 2. The van der Waals surface area contributed by atoms with Crippen LogP contribution in [-0.4, -0.2) is 10.9 Å². The minimum absolute atomic E-state index is 0.169. The van der Waals surface area contributed by atoms with E-state index < -0.39 is 0 Å². The van der Waals surface area contributed by atoms with Crippen LogP contribution in [0.4, 0.5) is 5.69 Å². The lowest BCUT2D eigenvalue weighted by Crippen LogP contribution is -2.14. The van der Waals surface area contributed by atoms with Crippen molar-refractivity contribution in [1.29, 1.82) is 0 Å². The van der Waals surface area contributed by atoms with Gasteiger partial charge in [0, 0.05) is 30.6 Å². The summed E-state index contributed by atoms with van der Waals surface area (Å²) in [6, 6.07) is 19.2. The highest BCUT2D eigenvalue weighted by molar-refractivity contribution is 9.10. The predicted octanol–water partition coefficient (Wildman–Crippen LogP) is 8.20. The maximum atomic E-state index is 13.5. The van der Waals surface area contributed by atoms with Gasteiger partial charge in [0.1, 0.15) is 0 Å². The lowest BCUT2D eigenvalue weighted by atomic mass is 10.0. The molecule has 31 heavy (non-hydrogen) atoms. The summed E-state index contributed by atoms with van der Waals surface area (Å²) in [5, 5.41) is 4.56. The number of anilines is 1. The lowest BCUT2D eigenvalue weighted by Gasteiger charge is -2.14. The molecule has 1 aromatic heterocycles. The lowest BCUT2D eigenvalue weighted by molar-refractivity contribution is 0.102. The Kier molecular flexibility index (Phi) is 6.47. The molecule has 0 spiro atoms. The van der Waals surface area contributed by atoms with Gasteiger partial charge in [-0.15, -0.1) is 0 Å². The van der Waals surface area contributed by atoms with Crippen molar-refractivity contribution in [3.63, 3.8) is 0 Å². The maximum Gasteiger partial charge on any atom is 0.256 e. The van der Waals surface area contributed by atoms with Gasteiger partial charge < -0.3 is 5.32 Å². The van der Waals surface area contributed by atoms with E-state index in [0.29, 0.717) is 10.6 Å². The van der Waals surface area contributed by atoms with Crippen LogP contribution in [0.1, 0.15) is 28.4 Å². The summed E-state index contributed by atoms with van der Waals surface area (Å²) in [6.45, 7) is 4.07. The Balaban J connectivity index is 1.87. The van der Waals surface area contributed by atoms with Crippen molar-refractivity contribution in [3.05, 3.63) is 91.3 Å². The topological polar surface area (TPSA) is 42.0 Å².